The van der Waals surface area contributed by atoms with Gasteiger partial charge in [-0.2, -0.15) is 5.10 Å². The quantitative estimate of drug-likeness (QED) is 0.852. The summed E-state index contributed by atoms with van der Waals surface area (Å²) in [7, 11) is 4.04. The summed E-state index contributed by atoms with van der Waals surface area (Å²) >= 11 is 1.65. The van der Waals surface area contributed by atoms with Gasteiger partial charge in [0.05, 0.1) is 11.4 Å². The Labute approximate surface area is 124 Å². The molecule has 1 N–H and O–H groups in total. The van der Waals surface area contributed by atoms with Gasteiger partial charge in [-0.3, -0.25) is 4.68 Å². The third-order valence-electron chi connectivity index (χ3n) is 3.21. The summed E-state index contributed by atoms with van der Waals surface area (Å²) in [6.45, 7) is 7.07. The summed E-state index contributed by atoms with van der Waals surface area (Å²) in [5, 5.41) is 10.7. The molecule has 0 fully saturated rings. The van der Waals surface area contributed by atoms with E-state index in [1.165, 1.54) is 5.69 Å². The molecule has 0 saturated carbocycles. The molecule has 0 aliphatic rings. The van der Waals surface area contributed by atoms with Gasteiger partial charge in [0.25, 0.3) is 0 Å². The highest BCUT2D eigenvalue weighted by molar-refractivity contribution is 7.13. The largest absolute Gasteiger partial charge is 0.365 e. The fourth-order valence-electron chi connectivity index (χ4n) is 2.24. The fourth-order valence-corrected chi connectivity index (χ4v) is 2.90. The topological polar surface area (TPSA) is 46.0 Å². The average Bonchev–Trinajstić information content (AvgIpc) is 2.96. The first-order valence-electron chi connectivity index (χ1n) is 6.90. The molecule has 0 atom stereocenters. The van der Waals surface area contributed by atoms with Crippen molar-refractivity contribution in [1.29, 1.82) is 0 Å². The zero-order valence-electron chi connectivity index (χ0n) is 12.7. The molecule has 0 aromatic carbocycles. The van der Waals surface area contributed by atoms with Crippen molar-refractivity contribution in [2.45, 2.75) is 33.4 Å². The maximum absolute atomic E-state index is 4.50. The molecule has 0 unspecified atom stereocenters. The van der Waals surface area contributed by atoms with Gasteiger partial charge in [0.2, 0.25) is 0 Å². The van der Waals surface area contributed by atoms with Crippen LogP contribution in [0.3, 0.4) is 0 Å². The van der Waals surface area contributed by atoms with Gasteiger partial charge in [0.15, 0.2) is 5.13 Å². The number of thiazole rings is 1. The Morgan fingerprint density at radius 2 is 2.20 bits per heavy atom. The van der Waals surface area contributed by atoms with Crippen molar-refractivity contribution in [2.75, 3.05) is 26.0 Å². The Hall–Kier alpha value is -1.40. The second kappa shape index (κ2) is 6.85. The summed E-state index contributed by atoms with van der Waals surface area (Å²) in [5.74, 6) is 0. The predicted molar refractivity (Wildman–Crippen MR) is 84.3 cm³/mol. The summed E-state index contributed by atoms with van der Waals surface area (Å²) < 4.78 is 2.09. The molecule has 6 heteroatoms. The van der Waals surface area contributed by atoms with E-state index < -0.39 is 0 Å². The van der Waals surface area contributed by atoms with Gasteiger partial charge in [-0.25, -0.2) is 4.98 Å². The van der Waals surface area contributed by atoms with Crippen molar-refractivity contribution in [3.63, 3.8) is 0 Å². The molecule has 0 bridgehead atoms. The number of rotatable bonds is 7. The standard InChI is InChI=1S/C14H23N5S/c1-11-8-12(2)19(17-11)7-5-6-18(4)9-13-10-20-14(15-3)16-13/h8,10H,5-7,9H2,1-4H3,(H,15,16). The molecule has 2 rings (SSSR count). The summed E-state index contributed by atoms with van der Waals surface area (Å²) in [6, 6.07) is 2.12. The second-order valence-electron chi connectivity index (χ2n) is 5.14. The smallest absolute Gasteiger partial charge is 0.182 e. The maximum Gasteiger partial charge on any atom is 0.182 e. The molecule has 0 saturated heterocycles. The number of hydrogen-bond donors (Lipinski definition) is 1. The van der Waals surface area contributed by atoms with E-state index in [9.17, 15) is 0 Å². The predicted octanol–water partition coefficient (Wildman–Crippen LogP) is 2.52. The van der Waals surface area contributed by atoms with E-state index in [0.717, 1.165) is 42.6 Å². The minimum absolute atomic E-state index is 0.898. The Morgan fingerprint density at radius 1 is 1.40 bits per heavy atom. The van der Waals surface area contributed by atoms with Gasteiger partial charge >= 0.3 is 0 Å². The van der Waals surface area contributed by atoms with Crippen LogP contribution in [0.5, 0.6) is 0 Å². The van der Waals surface area contributed by atoms with Crippen molar-refractivity contribution in [3.8, 4) is 0 Å². The van der Waals surface area contributed by atoms with Crippen LogP contribution < -0.4 is 5.32 Å². The van der Waals surface area contributed by atoms with Crippen molar-refractivity contribution >= 4 is 16.5 Å². The molecule has 0 radical (unpaired) electrons. The third kappa shape index (κ3) is 4.05. The molecule has 110 valence electrons. The lowest BCUT2D eigenvalue weighted by Gasteiger charge is -2.15. The van der Waals surface area contributed by atoms with Gasteiger partial charge in [0, 0.05) is 37.8 Å². The average molecular weight is 293 g/mol. The highest BCUT2D eigenvalue weighted by Gasteiger charge is 2.05. The van der Waals surface area contributed by atoms with Crippen LogP contribution in [0.1, 0.15) is 23.5 Å². The monoisotopic (exact) mass is 293 g/mol. The molecule has 20 heavy (non-hydrogen) atoms. The highest BCUT2D eigenvalue weighted by atomic mass is 32.1. The van der Waals surface area contributed by atoms with Crippen molar-refractivity contribution in [2.24, 2.45) is 0 Å². The normalized spacial score (nSPS) is 11.2. The van der Waals surface area contributed by atoms with E-state index in [1.807, 2.05) is 14.0 Å². The van der Waals surface area contributed by atoms with Crippen LogP contribution in [-0.2, 0) is 13.1 Å². The number of aryl methyl sites for hydroxylation is 3. The van der Waals surface area contributed by atoms with Crippen molar-refractivity contribution in [1.82, 2.24) is 19.7 Å². The molecule has 0 amide bonds. The van der Waals surface area contributed by atoms with Crippen LogP contribution in [0.15, 0.2) is 11.4 Å². The van der Waals surface area contributed by atoms with Crippen LogP contribution >= 0.6 is 11.3 Å². The van der Waals surface area contributed by atoms with Crippen LogP contribution in [0.25, 0.3) is 0 Å². The van der Waals surface area contributed by atoms with Crippen molar-refractivity contribution in [3.05, 3.63) is 28.5 Å². The Balaban J connectivity index is 1.75. The highest BCUT2D eigenvalue weighted by Crippen LogP contribution is 2.15. The molecule has 0 aliphatic heterocycles. The van der Waals surface area contributed by atoms with E-state index >= 15 is 0 Å². The number of hydrogen-bond acceptors (Lipinski definition) is 5. The van der Waals surface area contributed by atoms with E-state index in [2.05, 4.69) is 50.4 Å². The summed E-state index contributed by atoms with van der Waals surface area (Å²) in [4.78, 5) is 6.81. The first kappa shape index (κ1) is 15.0. The Bertz CT molecular complexity index is 546. The molecule has 0 aliphatic carbocycles. The minimum atomic E-state index is 0.898. The van der Waals surface area contributed by atoms with E-state index in [1.54, 1.807) is 11.3 Å². The molecular formula is C14H23N5S. The molecular weight excluding hydrogens is 270 g/mol. The Kier molecular flexibility index (Phi) is 5.14. The molecule has 5 nitrogen and oxygen atoms in total. The number of nitrogens with one attached hydrogen (secondary N) is 1. The van der Waals surface area contributed by atoms with Gasteiger partial charge in [-0.05, 0) is 33.4 Å². The lowest BCUT2D eigenvalue weighted by atomic mass is 10.3. The zero-order chi connectivity index (χ0) is 14.5. The van der Waals surface area contributed by atoms with Crippen LogP contribution in [0, 0.1) is 13.8 Å². The van der Waals surface area contributed by atoms with Gasteiger partial charge in [0.1, 0.15) is 0 Å². The molecule has 2 aromatic rings. The maximum atomic E-state index is 4.50. The van der Waals surface area contributed by atoms with Crippen LogP contribution in [-0.4, -0.2) is 40.3 Å². The number of nitrogens with zero attached hydrogens (tertiary/aromatic N) is 4. The van der Waals surface area contributed by atoms with Gasteiger partial charge < -0.3 is 10.2 Å². The first-order chi connectivity index (χ1) is 9.58. The zero-order valence-corrected chi connectivity index (χ0v) is 13.5. The van der Waals surface area contributed by atoms with Crippen molar-refractivity contribution < 1.29 is 0 Å². The van der Waals surface area contributed by atoms with Crippen LogP contribution in [0.4, 0.5) is 5.13 Å². The number of anilines is 1. The first-order valence-corrected chi connectivity index (χ1v) is 7.78. The molecule has 0 spiro atoms. The van der Waals surface area contributed by atoms with Crippen LogP contribution in [0.2, 0.25) is 0 Å². The summed E-state index contributed by atoms with van der Waals surface area (Å²) in [5.41, 5.74) is 3.47. The third-order valence-corrected chi connectivity index (χ3v) is 4.12. The Morgan fingerprint density at radius 3 is 2.80 bits per heavy atom. The molecule has 2 heterocycles. The lowest BCUT2D eigenvalue weighted by molar-refractivity contribution is 0.308. The van der Waals surface area contributed by atoms with E-state index in [4.69, 9.17) is 0 Å². The fraction of sp³-hybridized carbons (Fsp3) is 0.571. The van der Waals surface area contributed by atoms with E-state index in [0.29, 0.717) is 0 Å². The minimum Gasteiger partial charge on any atom is -0.365 e. The SMILES string of the molecule is CNc1nc(CN(C)CCCn2nc(C)cc2C)cs1. The number of aromatic nitrogens is 3. The van der Waals surface area contributed by atoms with Gasteiger partial charge in [-0.15, -0.1) is 11.3 Å². The molecule has 2 aromatic heterocycles. The van der Waals surface area contributed by atoms with E-state index in [-0.39, 0.29) is 0 Å². The lowest BCUT2D eigenvalue weighted by Crippen LogP contribution is -2.21. The summed E-state index contributed by atoms with van der Waals surface area (Å²) in [6.07, 6.45) is 1.10. The van der Waals surface area contributed by atoms with Gasteiger partial charge in [-0.1, -0.05) is 0 Å². The second-order valence-corrected chi connectivity index (χ2v) is 5.99.